The fourth-order valence-electron chi connectivity index (χ4n) is 3.75. The van der Waals surface area contributed by atoms with Gasteiger partial charge in [0.15, 0.2) is 11.6 Å². The van der Waals surface area contributed by atoms with Crippen molar-refractivity contribution in [2.45, 2.75) is 31.5 Å². The maximum atomic E-state index is 13.5. The van der Waals surface area contributed by atoms with Crippen LogP contribution >= 0.6 is 0 Å². The number of likely N-dealkylation sites (tertiary alicyclic amines) is 1. The Labute approximate surface area is 155 Å². The monoisotopic (exact) mass is 374 g/mol. The number of aromatic nitrogens is 1. The van der Waals surface area contributed by atoms with Crippen molar-refractivity contribution in [2.24, 2.45) is 0 Å². The summed E-state index contributed by atoms with van der Waals surface area (Å²) in [6, 6.07) is 5.69. The summed E-state index contributed by atoms with van der Waals surface area (Å²) in [5, 5.41) is 0. The van der Waals surface area contributed by atoms with Gasteiger partial charge in [0, 0.05) is 24.6 Å². The molecule has 2 aromatic rings. The van der Waals surface area contributed by atoms with Crippen LogP contribution in [0.1, 0.15) is 28.8 Å². The Morgan fingerprint density at radius 1 is 1.33 bits per heavy atom. The van der Waals surface area contributed by atoms with Crippen molar-refractivity contribution in [1.29, 1.82) is 0 Å². The molecule has 0 bridgehead atoms. The standard InChI is InChI=1S/C20H20F2N2O3/c1-13-7-17(21)18(22)8-16(13)19(25)24-11-20(12-24)9-14(4-6-26-20)27-15-3-2-5-23-10-15/h2-3,5,7-8,10,14H,4,6,9,11-12H2,1H3. The summed E-state index contributed by atoms with van der Waals surface area (Å²) in [5.74, 6) is -1.56. The average Bonchev–Trinajstić information content (AvgIpc) is 2.63. The number of pyridine rings is 1. The second kappa shape index (κ2) is 6.88. The molecule has 2 fully saturated rings. The van der Waals surface area contributed by atoms with Crippen molar-refractivity contribution in [1.82, 2.24) is 9.88 Å². The number of hydrogen-bond donors (Lipinski definition) is 0. The molecule has 1 aromatic heterocycles. The molecule has 1 spiro atoms. The largest absolute Gasteiger partial charge is 0.489 e. The van der Waals surface area contributed by atoms with Crippen LogP contribution in [0.25, 0.3) is 0 Å². The number of halogens is 2. The first-order valence-electron chi connectivity index (χ1n) is 8.91. The highest BCUT2D eigenvalue weighted by Crippen LogP contribution is 2.36. The van der Waals surface area contributed by atoms with E-state index in [0.29, 0.717) is 37.4 Å². The van der Waals surface area contributed by atoms with E-state index in [1.807, 2.05) is 12.1 Å². The second-order valence-corrected chi connectivity index (χ2v) is 7.20. The van der Waals surface area contributed by atoms with Crippen LogP contribution in [0.3, 0.4) is 0 Å². The fourth-order valence-corrected chi connectivity index (χ4v) is 3.75. The second-order valence-electron chi connectivity index (χ2n) is 7.20. The minimum absolute atomic E-state index is 0.00907. The van der Waals surface area contributed by atoms with Crippen molar-refractivity contribution in [2.75, 3.05) is 19.7 Å². The number of rotatable bonds is 3. The molecule has 2 aliphatic heterocycles. The van der Waals surface area contributed by atoms with Crippen LogP contribution in [0.4, 0.5) is 8.78 Å². The Balaban J connectivity index is 1.40. The first-order chi connectivity index (χ1) is 13.0. The van der Waals surface area contributed by atoms with Crippen molar-refractivity contribution < 1.29 is 23.0 Å². The van der Waals surface area contributed by atoms with Gasteiger partial charge in [-0.15, -0.1) is 0 Å². The number of hydrogen-bond acceptors (Lipinski definition) is 4. The third-order valence-corrected chi connectivity index (χ3v) is 5.13. The Kier molecular flexibility index (Phi) is 4.55. The zero-order valence-corrected chi connectivity index (χ0v) is 15.0. The predicted octanol–water partition coefficient (Wildman–Crippen LogP) is 3.12. The molecule has 4 rings (SSSR count). The van der Waals surface area contributed by atoms with Crippen LogP contribution in [0, 0.1) is 18.6 Å². The van der Waals surface area contributed by atoms with Gasteiger partial charge in [-0.3, -0.25) is 9.78 Å². The highest BCUT2D eigenvalue weighted by Gasteiger charge is 2.50. The quantitative estimate of drug-likeness (QED) is 0.828. The highest BCUT2D eigenvalue weighted by molar-refractivity contribution is 5.96. The lowest BCUT2D eigenvalue weighted by atomic mass is 9.84. The van der Waals surface area contributed by atoms with Gasteiger partial charge in [-0.05, 0) is 36.8 Å². The number of amides is 1. The minimum Gasteiger partial charge on any atom is -0.489 e. The van der Waals surface area contributed by atoms with Crippen LogP contribution in [0.5, 0.6) is 5.75 Å². The van der Waals surface area contributed by atoms with Crippen LogP contribution < -0.4 is 4.74 Å². The molecule has 1 amide bonds. The van der Waals surface area contributed by atoms with Gasteiger partial charge < -0.3 is 14.4 Å². The van der Waals surface area contributed by atoms with E-state index in [2.05, 4.69) is 4.98 Å². The maximum Gasteiger partial charge on any atom is 0.254 e. The first-order valence-corrected chi connectivity index (χ1v) is 8.91. The predicted molar refractivity (Wildman–Crippen MR) is 93.6 cm³/mol. The molecule has 2 saturated heterocycles. The molecule has 0 aliphatic carbocycles. The van der Waals surface area contributed by atoms with Crippen molar-refractivity contribution in [3.63, 3.8) is 0 Å². The van der Waals surface area contributed by atoms with Crippen LogP contribution in [0.15, 0.2) is 36.7 Å². The molecule has 1 unspecified atom stereocenters. The molecular formula is C20H20F2N2O3. The van der Waals surface area contributed by atoms with Crippen LogP contribution in [0.2, 0.25) is 0 Å². The third kappa shape index (κ3) is 3.51. The third-order valence-electron chi connectivity index (χ3n) is 5.13. The van der Waals surface area contributed by atoms with E-state index < -0.39 is 17.2 Å². The first kappa shape index (κ1) is 17.9. The SMILES string of the molecule is Cc1cc(F)c(F)cc1C(=O)N1CC2(CC(Oc3cccnc3)CCO2)C1. The minimum atomic E-state index is -1.02. The van der Waals surface area contributed by atoms with E-state index in [1.165, 1.54) is 0 Å². The van der Waals surface area contributed by atoms with Gasteiger partial charge in [0.2, 0.25) is 0 Å². The van der Waals surface area contributed by atoms with Gasteiger partial charge in [-0.2, -0.15) is 0 Å². The smallest absolute Gasteiger partial charge is 0.254 e. The van der Waals surface area contributed by atoms with Gasteiger partial charge in [-0.25, -0.2) is 8.78 Å². The maximum absolute atomic E-state index is 13.5. The molecule has 27 heavy (non-hydrogen) atoms. The number of aryl methyl sites for hydroxylation is 1. The summed E-state index contributed by atoms with van der Waals surface area (Å²) in [6.07, 6.45) is 4.79. The number of ether oxygens (including phenoxy) is 2. The molecule has 1 atom stereocenters. The molecule has 7 heteroatoms. The zero-order chi connectivity index (χ0) is 19.0. The normalized spacial score (nSPS) is 21.0. The van der Waals surface area contributed by atoms with Crippen molar-refractivity contribution >= 4 is 5.91 Å². The van der Waals surface area contributed by atoms with E-state index in [4.69, 9.17) is 9.47 Å². The Bertz CT molecular complexity index is 854. The van der Waals surface area contributed by atoms with E-state index in [1.54, 1.807) is 24.2 Å². The molecule has 0 radical (unpaired) electrons. The summed E-state index contributed by atoms with van der Waals surface area (Å²) in [5.41, 5.74) is 0.165. The molecule has 0 N–H and O–H groups in total. The summed E-state index contributed by atoms with van der Waals surface area (Å²) in [6.45, 7) is 2.98. The Morgan fingerprint density at radius 2 is 2.11 bits per heavy atom. The zero-order valence-electron chi connectivity index (χ0n) is 15.0. The number of carbonyl (C=O) groups excluding carboxylic acids is 1. The number of nitrogens with zero attached hydrogens (tertiary/aromatic N) is 2. The Morgan fingerprint density at radius 3 is 2.85 bits per heavy atom. The fraction of sp³-hybridized carbons (Fsp3) is 0.400. The number of carbonyl (C=O) groups is 1. The molecule has 2 aliphatic rings. The molecule has 5 nitrogen and oxygen atoms in total. The van der Waals surface area contributed by atoms with Gasteiger partial charge in [0.25, 0.3) is 5.91 Å². The topological polar surface area (TPSA) is 51.7 Å². The molecule has 142 valence electrons. The van der Waals surface area contributed by atoms with E-state index in [9.17, 15) is 13.6 Å². The summed E-state index contributed by atoms with van der Waals surface area (Å²) < 4.78 is 38.7. The van der Waals surface area contributed by atoms with Gasteiger partial charge in [0.05, 0.1) is 25.9 Å². The molecule has 1 aromatic carbocycles. The number of benzene rings is 1. The van der Waals surface area contributed by atoms with Crippen LogP contribution in [-0.4, -0.2) is 47.2 Å². The van der Waals surface area contributed by atoms with Gasteiger partial charge in [0.1, 0.15) is 17.5 Å². The highest BCUT2D eigenvalue weighted by atomic mass is 19.2. The molecular weight excluding hydrogens is 354 g/mol. The molecule has 3 heterocycles. The van der Waals surface area contributed by atoms with Gasteiger partial charge >= 0.3 is 0 Å². The van der Waals surface area contributed by atoms with E-state index in [0.717, 1.165) is 18.6 Å². The lowest BCUT2D eigenvalue weighted by molar-refractivity contribution is -0.173. The van der Waals surface area contributed by atoms with E-state index in [-0.39, 0.29) is 17.6 Å². The van der Waals surface area contributed by atoms with Gasteiger partial charge in [-0.1, -0.05) is 0 Å². The summed E-state index contributed by atoms with van der Waals surface area (Å²) in [4.78, 5) is 18.3. The molecule has 0 saturated carbocycles. The van der Waals surface area contributed by atoms with Crippen LogP contribution in [-0.2, 0) is 4.74 Å². The average molecular weight is 374 g/mol. The van der Waals surface area contributed by atoms with Crippen molar-refractivity contribution in [3.05, 3.63) is 59.4 Å². The summed E-state index contributed by atoms with van der Waals surface area (Å²) in [7, 11) is 0. The lowest BCUT2D eigenvalue weighted by Gasteiger charge is -2.53. The lowest BCUT2D eigenvalue weighted by Crippen LogP contribution is -2.67. The van der Waals surface area contributed by atoms with E-state index >= 15 is 0 Å². The van der Waals surface area contributed by atoms with Crippen molar-refractivity contribution in [3.8, 4) is 5.75 Å². The summed E-state index contributed by atoms with van der Waals surface area (Å²) >= 11 is 0. The Hall–Kier alpha value is -2.54.